The molecule has 6 heteroatoms. The molecule has 2 N–H and O–H groups in total. The highest BCUT2D eigenvalue weighted by molar-refractivity contribution is 5.79. The lowest BCUT2D eigenvalue weighted by atomic mass is 10.2. The molecule has 0 saturated carbocycles. The van der Waals surface area contributed by atoms with Gasteiger partial charge >= 0.3 is 0 Å². The van der Waals surface area contributed by atoms with Gasteiger partial charge in [-0.1, -0.05) is 12.1 Å². The van der Waals surface area contributed by atoms with E-state index in [2.05, 4.69) is 65.5 Å². The van der Waals surface area contributed by atoms with Crippen LogP contribution in [0.1, 0.15) is 32.3 Å². The molecule has 1 aromatic carbocycles. The van der Waals surface area contributed by atoms with Crippen LogP contribution in [0.15, 0.2) is 29.3 Å². The average Bonchev–Trinajstić information content (AvgIpc) is 2.71. The molecule has 0 amide bonds. The zero-order valence-corrected chi connectivity index (χ0v) is 18.0. The number of anilines is 1. The van der Waals surface area contributed by atoms with Gasteiger partial charge in [-0.3, -0.25) is 9.89 Å². The lowest BCUT2D eigenvalue weighted by molar-refractivity contribution is 0.0373. The van der Waals surface area contributed by atoms with E-state index in [1.807, 2.05) is 0 Å². The van der Waals surface area contributed by atoms with E-state index < -0.39 is 0 Å². The maximum absolute atomic E-state index is 5.40. The van der Waals surface area contributed by atoms with Gasteiger partial charge in [-0.15, -0.1) is 0 Å². The fourth-order valence-electron chi connectivity index (χ4n) is 3.41. The number of rotatable bonds is 11. The van der Waals surface area contributed by atoms with E-state index >= 15 is 0 Å². The number of hydrogen-bond donors (Lipinski definition) is 2. The van der Waals surface area contributed by atoms with Crippen LogP contribution < -0.4 is 15.5 Å². The van der Waals surface area contributed by atoms with Gasteiger partial charge in [-0.2, -0.15) is 0 Å². The van der Waals surface area contributed by atoms with E-state index in [0.717, 1.165) is 78.0 Å². The lowest BCUT2D eigenvalue weighted by Crippen LogP contribution is -2.41. The molecule has 0 atom stereocenters. The van der Waals surface area contributed by atoms with Crippen LogP contribution in [0.5, 0.6) is 0 Å². The maximum atomic E-state index is 5.40. The van der Waals surface area contributed by atoms with Gasteiger partial charge in [-0.05, 0) is 57.9 Å². The molecule has 1 aliphatic rings. The number of unbranched alkanes of at least 4 members (excludes halogenated alkanes) is 1. The first-order valence-electron chi connectivity index (χ1n) is 10.9. The molecule has 0 spiro atoms. The molecule has 0 radical (unpaired) electrons. The molecule has 28 heavy (non-hydrogen) atoms. The first-order valence-corrected chi connectivity index (χ1v) is 10.9. The summed E-state index contributed by atoms with van der Waals surface area (Å²) >= 11 is 0. The number of guanidine groups is 1. The van der Waals surface area contributed by atoms with E-state index in [9.17, 15) is 0 Å². The van der Waals surface area contributed by atoms with Crippen molar-refractivity contribution in [2.45, 2.75) is 33.6 Å². The molecular formula is C22H39N5O. The molecule has 6 nitrogen and oxygen atoms in total. The van der Waals surface area contributed by atoms with Crippen molar-refractivity contribution in [3.05, 3.63) is 29.8 Å². The normalized spacial score (nSPS) is 15.5. The third-order valence-corrected chi connectivity index (χ3v) is 5.02. The van der Waals surface area contributed by atoms with Crippen molar-refractivity contribution in [1.82, 2.24) is 15.5 Å². The van der Waals surface area contributed by atoms with E-state index in [1.54, 1.807) is 0 Å². The van der Waals surface area contributed by atoms with Crippen molar-refractivity contribution in [3.63, 3.8) is 0 Å². The Bertz CT molecular complexity index is 572. The number of aryl methyl sites for hydroxylation is 1. The Hall–Kier alpha value is -1.79. The molecule has 0 unspecified atom stereocenters. The minimum absolute atomic E-state index is 0.870. The SMILES string of the molecule is CCNC(=NCCCCN1CCOCC1)NCCN(CC)c1cccc(C)c1. The number of ether oxygens (including phenoxy) is 1. The van der Waals surface area contributed by atoms with Crippen LogP contribution in [0.3, 0.4) is 0 Å². The standard InChI is InChI=1S/C22H39N5O/c1-4-23-22(24-11-6-7-13-26-15-17-28-18-16-26)25-12-14-27(5-2)21-10-8-9-20(3)19-21/h8-10,19H,4-7,11-18H2,1-3H3,(H2,23,24,25). The number of benzene rings is 1. The molecule has 1 saturated heterocycles. The second-order valence-corrected chi connectivity index (χ2v) is 7.27. The zero-order valence-electron chi connectivity index (χ0n) is 18.0. The Labute approximate surface area is 171 Å². The van der Waals surface area contributed by atoms with Crippen LogP contribution >= 0.6 is 0 Å². The van der Waals surface area contributed by atoms with Gasteiger partial charge in [0.1, 0.15) is 0 Å². The molecule has 1 aliphatic heterocycles. The van der Waals surface area contributed by atoms with Crippen molar-refractivity contribution < 1.29 is 4.74 Å². The quantitative estimate of drug-likeness (QED) is 0.346. The summed E-state index contributed by atoms with van der Waals surface area (Å²) in [5.74, 6) is 0.925. The summed E-state index contributed by atoms with van der Waals surface area (Å²) in [6.07, 6.45) is 2.32. The first kappa shape index (κ1) is 22.5. The molecule has 1 fully saturated rings. The third-order valence-electron chi connectivity index (χ3n) is 5.02. The Morgan fingerprint density at radius 2 is 2.00 bits per heavy atom. The highest BCUT2D eigenvalue weighted by atomic mass is 16.5. The largest absolute Gasteiger partial charge is 0.379 e. The summed E-state index contributed by atoms with van der Waals surface area (Å²) in [6.45, 7) is 16.1. The molecule has 158 valence electrons. The summed E-state index contributed by atoms with van der Waals surface area (Å²) in [6, 6.07) is 8.70. The molecule has 0 bridgehead atoms. The second-order valence-electron chi connectivity index (χ2n) is 7.27. The molecule has 2 rings (SSSR count). The van der Waals surface area contributed by atoms with Gasteiger partial charge < -0.3 is 20.3 Å². The minimum atomic E-state index is 0.870. The van der Waals surface area contributed by atoms with Gasteiger partial charge in [-0.25, -0.2) is 0 Å². The topological polar surface area (TPSA) is 52.1 Å². The predicted octanol–water partition coefficient (Wildman–Crippen LogP) is 2.49. The number of morpholine rings is 1. The van der Waals surface area contributed by atoms with Crippen LogP contribution in [0, 0.1) is 6.92 Å². The molecule has 0 aliphatic carbocycles. The predicted molar refractivity (Wildman–Crippen MR) is 120 cm³/mol. The fourth-order valence-corrected chi connectivity index (χ4v) is 3.41. The van der Waals surface area contributed by atoms with Crippen molar-refractivity contribution in [2.24, 2.45) is 4.99 Å². The highest BCUT2D eigenvalue weighted by Gasteiger charge is 2.09. The first-order chi connectivity index (χ1) is 13.7. The minimum Gasteiger partial charge on any atom is -0.379 e. The highest BCUT2D eigenvalue weighted by Crippen LogP contribution is 2.14. The van der Waals surface area contributed by atoms with Gasteiger partial charge in [0.25, 0.3) is 0 Å². The number of aliphatic imine (C=N–C) groups is 1. The molecule has 1 heterocycles. The van der Waals surface area contributed by atoms with E-state index in [1.165, 1.54) is 17.7 Å². The van der Waals surface area contributed by atoms with E-state index in [4.69, 9.17) is 9.73 Å². The summed E-state index contributed by atoms with van der Waals surface area (Å²) in [7, 11) is 0. The fraction of sp³-hybridized carbons (Fsp3) is 0.682. The number of hydrogen-bond acceptors (Lipinski definition) is 4. The smallest absolute Gasteiger partial charge is 0.191 e. The van der Waals surface area contributed by atoms with E-state index in [-0.39, 0.29) is 0 Å². The summed E-state index contributed by atoms with van der Waals surface area (Å²) in [4.78, 5) is 9.62. The average molecular weight is 390 g/mol. The summed E-state index contributed by atoms with van der Waals surface area (Å²) in [5, 5.41) is 6.84. The Kier molecular flexibility index (Phi) is 10.8. The Balaban J connectivity index is 1.69. The van der Waals surface area contributed by atoms with Gasteiger partial charge in [0, 0.05) is 51.5 Å². The van der Waals surface area contributed by atoms with Crippen LogP contribution in [-0.2, 0) is 4.74 Å². The second kappa shape index (κ2) is 13.4. The van der Waals surface area contributed by atoms with Crippen LogP contribution in [0.4, 0.5) is 5.69 Å². The molecule has 0 aromatic heterocycles. The number of nitrogens with zero attached hydrogens (tertiary/aromatic N) is 3. The van der Waals surface area contributed by atoms with Crippen LogP contribution in [0.25, 0.3) is 0 Å². The maximum Gasteiger partial charge on any atom is 0.191 e. The van der Waals surface area contributed by atoms with Crippen LogP contribution in [0.2, 0.25) is 0 Å². The van der Waals surface area contributed by atoms with Crippen molar-refractivity contribution in [1.29, 1.82) is 0 Å². The number of nitrogens with one attached hydrogen (secondary N) is 2. The van der Waals surface area contributed by atoms with E-state index in [0.29, 0.717) is 0 Å². The molecular weight excluding hydrogens is 350 g/mol. The zero-order chi connectivity index (χ0) is 20.0. The van der Waals surface area contributed by atoms with Crippen molar-refractivity contribution in [3.8, 4) is 0 Å². The van der Waals surface area contributed by atoms with Crippen molar-refractivity contribution in [2.75, 3.05) is 70.5 Å². The van der Waals surface area contributed by atoms with Gasteiger partial charge in [0.2, 0.25) is 0 Å². The van der Waals surface area contributed by atoms with Crippen LogP contribution in [-0.4, -0.2) is 76.4 Å². The summed E-state index contributed by atoms with van der Waals surface area (Å²) in [5.41, 5.74) is 2.59. The lowest BCUT2D eigenvalue weighted by Gasteiger charge is -2.26. The summed E-state index contributed by atoms with van der Waals surface area (Å²) < 4.78 is 5.40. The Morgan fingerprint density at radius 1 is 1.18 bits per heavy atom. The van der Waals surface area contributed by atoms with Crippen molar-refractivity contribution >= 4 is 11.6 Å². The van der Waals surface area contributed by atoms with Gasteiger partial charge in [0.15, 0.2) is 5.96 Å². The monoisotopic (exact) mass is 389 g/mol. The third kappa shape index (κ3) is 8.48. The Morgan fingerprint density at radius 3 is 2.71 bits per heavy atom. The molecule has 1 aromatic rings. The number of likely N-dealkylation sites (N-methyl/N-ethyl adjacent to an activating group) is 1. The van der Waals surface area contributed by atoms with Gasteiger partial charge in [0.05, 0.1) is 13.2 Å².